The second kappa shape index (κ2) is 6.60. The highest BCUT2D eigenvalue weighted by molar-refractivity contribution is 7.99. The van der Waals surface area contributed by atoms with Gasteiger partial charge in [-0.25, -0.2) is 14.6 Å². The molecule has 1 aromatic heterocycles. The van der Waals surface area contributed by atoms with E-state index >= 15 is 0 Å². The molecule has 0 aliphatic carbocycles. The van der Waals surface area contributed by atoms with Crippen molar-refractivity contribution in [2.75, 3.05) is 29.6 Å². The Hall–Kier alpha value is -1.76. The van der Waals surface area contributed by atoms with Crippen molar-refractivity contribution >= 4 is 29.5 Å². The molecule has 1 N–H and O–H groups in total. The zero-order valence-electron chi connectivity index (χ0n) is 11.1. The van der Waals surface area contributed by atoms with E-state index in [4.69, 9.17) is 4.74 Å². The van der Waals surface area contributed by atoms with Crippen molar-refractivity contribution in [1.29, 1.82) is 0 Å². The van der Waals surface area contributed by atoms with E-state index in [0.29, 0.717) is 23.7 Å². The first-order valence-corrected chi connectivity index (χ1v) is 7.50. The van der Waals surface area contributed by atoms with Crippen molar-refractivity contribution in [2.24, 2.45) is 0 Å². The molecule has 6 nitrogen and oxygen atoms in total. The molecule has 0 radical (unpaired) electrons. The summed E-state index contributed by atoms with van der Waals surface area (Å²) < 4.78 is 5.00. The predicted octanol–water partition coefficient (Wildman–Crippen LogP) is 1.26. The van der Waals surface area contributed by atoms with Gasteiger partial charge in [0.1, 0.15) is 17.4 Å². The molecule has 0 spiro atoms. The van der Waals surface area contributed by atoms with Crippen LogP contribution in [0.4, 0.5) is 5.82 Å². The van der Waals surface area contributed by atoms with Gasteiger partial charge in [0, 0.05) is 24.2 Å². The topological polar surface area (TPSA) is 79.7 Å². The van der Waals surface area contributed by atoms with Crippen LogP contribution >= 0.6 is 11.8 Å². The molecule has 0 saturated carbocycles. The van der Waals surface area contributed by atoms with Crippen LogP contribution in [-0.2, 0) is 9.53 Å². The van der Waals surface area contributed by atoms with Crippen LogP contribution in [0.3, 0.4) is 0 Å². The molecule has 1 unspecified atom stereocenters. The zero-order valence-corrected chi connectivity index (χ0v) is 11.9. The van der Waals surface area contributed by atoms with E-state index in [-0.39, 0.29) is 6.61 Å². The highest BCUT2D eigenvalue weighted by Gasteiger charge is 2.32. The number of carboxylic acid groups (broad SMARTS) is 1. The summed E-state index contributed by atoms with van der Waals surface area (Å²) in [7, 11) is 0. The number of hydrogen-bond acceptors (Lipinski definition) is 6. The lowest BCUT2D eigenvalue weighted by molar-refractivity contribution is -0.138. The third kappa shape index (κ3) is 3.04. The van der Waals surface area contributed by atoms with Crippen molar-refractivity contribution in [3.63, 3.8) is 0 Å². The maximum Gasteiger partial charge on any atom is 0.341 e. The van der Waals surface area contributed by atoms with Crippen LogP contribution in [0.5, 0.6) is 0 Å². The first-order chi connectivity index (χ1) is 9.65. The molecule has 2 rings (SSSR count). The predicted molar refractivity (Wildman–Crippen MR) is 76.3 cm³/mol. The molecule has 1 aliphatic heterocycles. The number of pyridine rings is 1. The maximum atomic E-state index is 11.9. The van der Waals surface area contributed by atoms with Gasteiger partial charge in [0.15, 0.2) is 0 Å². The lowest BCUT2D eigenvalue weighted by atomic mass is 10.2. The van der Waals surface area contributed by atoms with E-state index in [2.05, 4.69) is 4.98 Å². The number of aliphatic carboxylic acids is 1. The molecule has 2 heterocycles. The number of aromatic nitrogens is 1. The Morgan fingerprint density at radius 1 is 1.60 bits per heavy atom. The molecule has 1 aromatic rings. The summed E-state index contributed by atoms with van der Waals surface area (Å²) in [6.45, 7) is 2.54. The third-order valence-electron chi connectivity index (χ3n) is 2.97. The average molecular weight is 296 g/mol. The van der Waals surface area contributed by atoms with Crippen molar-refractivity contribution in [2.45, 2.75) is 13.0 Å². The Morgan fingerprint density at radius 3 is 3.10 bits per heavy atom. The number of nitrogens with zero attached hydrogens (tertiary/aromatic N) is 2. The fourth-order valence-electron chi connectivity index (χ4n) is 2.06. The van der Waals surface area contributed by atoms with Gasteiger partial charge in [-0.1, -0.05) is 0 Å². The minimum atomic E-state index is -0.905. The summed E-state index contributed by atoms with van der Waals surface area (Å²) in [6.07, 6.45) is 1.55. The Kier molecular flexibility index (Phi) is 4.84. The SMILES string of the molecule is CCOC(=O)c1cccnc1N1CCSCC1C(=O)O. The van der Waals surface area contributed by atoms with Gasteiger partial charge in [0.2, 0.25) is 0 Å². The molecule has 1 fully saturated rings. The fourth-order valence-corrected chi connectivity index (χ4v) is 3.09. The van der Waals surface area contributed by atoms with Gasteiger partial charge in [-0.15, -0.1) is 0 Å². The molecule has 1 saturated heterocycles. The van der Waals surface area contributed by atoms with Gasteiger partial charge in [0.05, 0.1) is 6.61 Å². The molecule has 0 amide bonds. The van der Waals surface area contributed by atoms with Crippen molar-refractivity contribution in [3.8, 4) is 0 Å². The Labute approximate surface area is 121 Å². The first kappa shape index (κ1) is 14.6. The van der Waals surface area contributed by atoms with Gasteiger partial charge in [-0.05, 0) is 19.1 Å². The normalized spacial score (nSPS) is 18.6. The van der Waals surface area contributed by atoms with E-state index in [9.17, 15) is 14.7 Å². The lowest BCUT2D eigenvalue weighted by Crippen LogP contribution is -2.48. The van der Waals surface area contributed by atoms with E-state index in [1.165, 1.54) is 0 Å². The van der Waals surface area contributed by atoms with Crippen LogP contribution in [0.15, 0.2) is 18.3 Å². The number of carboxylic acids is 1. The number of anilines is 1. The van der Waals surface area contributed by atoms with Gasteiger partial charge >= 0.3 is 11.9 Å². The Balaban J connectivity index is 2.35. The zero-order chi connectivity index (χ0) is 14.5. The second-order valence-electron chi connectivity index (χ2n) is 4.22. The summed E-state index contributed by atoms with van der Waals surface area (Å²) >= 11 is 1.59. The van der Waals surface area contributed by atoms with Gasteiger partial charge in [-0.2, -0.15) is 11.8 Å². The summed E-state index contributed by atoms with van der Waals surface area (Å²) in [4.78, 5) is 29.2. The molecule has 20 heavy (non-hydrogen) atoms. The van der Waals surface area contributed by atoms with Crippen molar-refractivity contribution < 1.29 is 19.4 Å². The van der Waals surface area contributed by atoms with Crippen molar-refractivity contribution in [1.82, 2.24) is 4.98 Å². The van der Waals surface area contributed by atoms with Crippen LogP contribution in [0.2, 0.25) is 0 Å². The number of esters is 1. The minimum Gasteiger partial charge on any atom is -0.480 e. The number of carbonyl (C=O) groups excluding carboxylic acids is 1. The largest absolute Gasteiger partial charge is 0.480 e. The monoisotopic (exact) mass is 296 g/mol. The van der Waals surface area contributed by atoms with E-state index in [1.807, 2.05) is 0 Å². The van der Waals surface area contributed by atoms with E-state index in [1.54, 1.807) is 41.9 Å². The second-order valence-corrected chi connectivity index (χ2v) is 5.37. The smallest absolute Gasteiger partial charge is 0.341 e. The van der Waals surface area contributed by atoms with Crippen LogP contribution in [0, 0.1) is 0 Å². The standard InChI is InChI=1S/C13H16N2O4S/c1-2-19-13(18)9-4-3-5-14-11(9)15-6-7-20-8-10(15)12(16)17/h3-5,10H,2,6-8H2,1H3,(H,16,17). The van der Waals surface area contributed by atoms with Crippen LogP contribution in [0.25, 0.3) is 0 Å². The summed E-state index contributed by atoms with van der Waals surface area (Å²) in [6, 6.07) is 2.59. The number of thioether (sulfide) groups is 1. The van der Waals surface area contributed by atoms with Gasteiger partial charge in [0.25, 0.3) is 0 Å². The number of ether oxygens (including phenoxy) is 1. The van der Waals surface area contributed by atoms with E-state index in [0.717, 1.165) is 5.75 Å². The van der Waals surface area contributed by atoms with Crippen LogP contribution < -0.4 is 4.90 Å². The summed E-state index contributed by atoms with van der Waals surface area (Å²) in [5, 5.41) is 9.30. The third-order valence-corrected chi connectivity index (χ3v) is 3.99. The molecule has 7 heteroatoms. The minimum absolute atomic E-state index is 0.269. The Morgan fingerprint density at radius 2 is 2.40 bits per heavy atom. The Bertz CT molecular complexity index is 509. The summed E-state index contributed by atoms with van der Waals surface area (Å²) in [5.74, 6) is 0.297. The van der Waals surface area contributed by atoms with E-state index < -0.39 is 18.0 Å². The molecule has 1 aliphatic rings. The molecular weight excluding hydrogens is 280 g/mol. The molecule has 0 bridgehead atoms. The lowest BCUT2D eigenvalue weighted by Gasteiger charge is -2.34. The first-order valence-electron chi connectivity index (χ1n) is 6.34. The average Bonchev–Trinajstić information content (AvgIpc) is 2.47. The molecule has 1 atom stereocenters. The number of hydrogen-bond donors (Lipinski definition) is 1. The molecular formula is C13H16N2O4S. The quantitative estimate of drug-likeness (QED) is 0.838. The molecule has 108 valence electrons. The van der Waals surface area contributed by atoms with Gasteiger partial charge in [-0.3, -0.25) is 0 Å². The van der Waals surface area contributed by atoms with Crippen LogP contribution in [0.1, 0.15) is 17.3 Å². The highest BCUT2D eigenvalue weighted by Crippen LogP contribution is 2.26. The molecule has 0 aromatic carbocycles. The van der Waals surface area contributed by atoms with Crippen molar-refractivity contribution in [3.05, 3.63) is 23.9 Å². The number of rotatable bonds is 4. The highest BCUT2D eigenvalue weighted by atomic mass is 32.2. The number of carbonyl (C=O) groups is 2. The van der Waals surface area contributed by atoms with Crippen LogP contribution in [-0.4, -0.2) is 52.7 Å². The summed E-state index contributed by atoms with van der Waals surface area (Å²) in [5.41, 5.74) is 0.313. The maximum absolute atomic E-state index is 11.9. The van der Waals surface area contributed by atoms with Gasteiger partial charge < -0.3 is 14.7 Å². The fraction of sp³-hybridized carbons (Fsp3) is 0.462.